The lowest BCUT2D eigenvalue weighted by Gasteiger charge is -2.34. The van der Waals surface area contributed by atoms with E-state index >= 15 is 0 Å². The van der Waals surface area contributed by atoms with Gasteiger partial charge in [0, 0.05) is 37.9 Å². The number of anilines is 1. The molecule has 2 N–H and O–H groups in total. The summed E-state index contributed by atoms with van der Waals surface area (Å²) in [6.07, 6.45) is 3.34. The van der Waals surface area contributed by atoms with E-state index in [4.69, 9.17) is 5.73 Å². The van der Waals surface area contributed by atoms with Gasteiger partial charge in [-0.1, -0.05) is 13.0 Å². The minimum atomic E-state index is -3.41. The minimum absolute atomic E-state index is 0.317. The summed E-state index contributed by atoms with van der Waals surface area (Å²) in [6.45, 7) is 4.85. The fourth-order valence-corrected chi connectivity index (χ4v) is 4.41. The molecule has 21 heavy (non-hydrogen) atoms. The van der Waals surface area contributed by atoms with Crippen LogP contribution in [0.5, 0.6) is 0 Å². The standard InChI is InChI=1S/C15H23N3O2S/c1-2-12-3-6-14(11-15(12)16)21(19,20)18-9-7-17(8-10-18)13-4-5-13/h3,6,11,13H,2,4-5,7-10,16H2,1H3. The number of nitrogen functional groups attached to an aromatic ring is 1. The average molecular weight is 309 g/mol. The predicted molar refractivity (Wildman–Crippen MR) is 83.6 cm³/mol. The monoisotopic (exact) mass is 309 g/mol. The highest BCUT2D eigenvalue weighted by Gasteiger charge is 2.34. The molecule has 1 aromatic rings. The molecule has 0 bridgehead atoms. The normalized spacial score (nSPS) is 21.6. The van der Waals surface area contributed by atoms with Crippen molar-refractivity contribution in [2.24, 2.45) is 0 Å². The maximum Gasteiger partial charge on any atom is 0.243 e. The van der Waals surface area contributed by atoms with Gasteiger partial charge in [-0.15, -0.1) is 0 Å². The van der Waals surface area contributed by atoms with Crippen molar-refractivity contribution in [2.75, 3.05) is 31.9 Å². The fraction of sp³-hybridized carbons (Fsp3) is 0.600. The first-order valence-corrected chi connectivity index (χ1v) is 9.09. The maximum atomic E-state index is 12.7. The number of sulfonamides is 1. The molecule has 3 rings (SSSR count). The van der Waals surface area contributed by atoms with Crippen LogP contribution in [0.3, 0.4) is 0 Å². The fourth-order valence-electron chi connectivity index (χ4n) is 2.95. The Balaban J connectivity index is 1.75. The molecule has 0 aromatic heterocycles. The summed E-state index contributed by atoms with van der Waals surface area (Å²) in [5, 5.41) is 0. The van der Waals surface area contributed by atoms with E-state index in [1.165, 1.54) is 12.8 Å². The molecule has 0 radical (unpaired) electrons. The first-order valence-electron chi connectivity index (χ1n) is 7.65. The lowest BCUT2D eigenvalue weighted by Crippen LogP contribution is -2.49. The molecule has 1 aliphatic carbocycles. The van der Waals surface area contributed by atoms with Crippen LogP contribution >= 0.6 is 0 Å². The minimum Gasteiger partial charge on any atom is -0.398 e. The Bertz CT molecular complexity index is 618. The lowest BCUT2D eigenvalue weighted by atomic mass is 10.1. The van der Waals surface area contributed by atoms with E-state index in [9.17, 15) is 8.42 Å². The second-order valence-corrected chi connectivity index (χ2v) is 7.82. The number of hydrogen-bond acceptors (Lipinski definition) is 4. The van der Waals surface area contributed by atoms with E-state index in [1.54, 1.807) is 16.4 Å². The Morgan fingerprint density at radius 2 is 1.86 bits per heavy atom. The van der Waals surface area contributed by atoms with Gasteiger partial charge in [0.25, 0.3) is 0 Å². The van der Waals surface area contributed by atoms with Crippen LogP contribution in [-0.4, -0.2) is 49.8 Å². The van der Waals surface area contributed by atoms with Crippen LogP contribution in [0, 0.1) is 0 Å². The van der Waals surface area contributed by atoms with Gasteiger partial charge in [0.1, 0.15) is 0 Å². The highest BCUT2D eigenvalue weighted by atomic mass is 32.2. The lowest BCUT2D eigenvalue weighted by molar-refractivity contribution is 0.180. The van der Waals surface area contributed by atoms with Crippen molar-refractivity contribution < 1.29 is 8.42 Å². The van der Waals surface area contributed by atoms with Gasteiger partial charge in [-0.25, -0.2) is 8.42 Å². The molecule has 2 fully saturated rings. The van der Waals surface area contributed by atoms with Crippen molar-refractivity contribution in [1.82, 2.24) is 9.21 Å². The molecule has 0 spiro atoms. The smallest absolute Gasteiger partial charge is 0.243 e. The number of benzene rings is 1. The van der Waals surface area contributed by atoms with Gasteiger partial charge in [-0.3, -0.25) is 4.90 Å². The largest absolute Gasteiger partial charge is 0.398 e. The number of piperazine rings is 1. The van der Waals surface area contributed by atoms with E-state index in [-0.39, 0.29) is 0 Å². The third-order valence-electron chi connectivity index (χ3n) is 4.47. The SMILES string of the molecule is CCc1ccc(S(=O)(=O)N2CCN(C3CC3)CC2)cc1N. The summed E-state index contributed by atoms with van der Waals surface area (Å²) in [6, 6.07) is 5.80. The molecule has 116 valence electrons. The molecule has 1 saturated heterocycles. The van der Waals surface area contributed by atoms with Crippen LogP contribution < -0.4 is 5.73 Å². The Labute approximate surface area is 126 Å². The molecular formula is C15H23N3O2S. The summed E-state index contributed by atoms with van der Waals surface area (Å²) in [4.78, 5) is 2.72. The summed E-state index contributed by atoms with van der Waals surface area (Å²) < 4.78 is 27.0. The highest BCUT2D eigenvalue weighted by molar-refractivity contribution is 7.89. The van der Waals surface area contributed by atoms with E-state index in [2.05, 4.69) is 4.90 Å². The van der Waals surface area contributed by atoms with Crippen LogP contribution in [0.1, 0.15) is 25.3 Å². The Kier molecular flexibility index (Phi) is 3.94. The van der Waals surface area contributed by atoms with Gasteiger partial charge >= 0.3 is 0 Å². The number of hydrogen-bond donors (Lipinski definition) is 1. The quantitative estimate of drug-likeness (QED) is 0.851. The van der Waals surface area contributed by atoms with Gasteiger partial charge < -0.3 is 5.73 Å². The Hall–Kier alpha value is -1.11. The average Bonchev–Trinajstić information content (AvgIpc) is 3.32. The van der Waals surface area contributed by atoms with Crippen molar-refractivity contribution in [3.8, 4) is 0 Å². The molecule has 1 saturated carbocycles. The number of nitrogens with zero attached hydrogens (tertiary/aromatic N) is 2. The zero-order valence-electron chi connectivity index (χ0n) is 12.5. The van der Waals surface area contributed by atoms with Gasteiger partial charge in [0.05, 0.1) is 4.90 Å². The Morgan fingerprint density at radius 1 is 1.19 bits per heavy atom. The van der Waals surface area contributed by atoms with Crippen molar-refractivity contribution in [1.29, 1.82) is 0 Å². The Morgan fingerprint density at radius 3 is 2.38 bits per heavy atom. The third-order valence-corrected chi connectivity index (χ3v) is 6.37. The van der Waals surface area contributed by atoms with Crippen LogP contribution in [0.2, 0.25) is 0 Å². The molecule has 0 unspecified atom stereocenters. The van der Waals surface area contributed by atoms with E-state index in [0.29, 0.717) is 29.7 Å². The van der Waals surface area contributed by atoms with Crippen molar-refractivity contribution in [3.63, 3.8) is 0 Å². The maximum absolute atomic E-state index is 12.7. The van der Waals surface area contributed by atoms with E-state index < -0.39 is 10.0 Å². The third kappa shape index (κ3) is 2.93. The van der Waals surface area contributed by atoms with Crippen molar-refractivity contribution >= 4 is 15.7 Å². The number of aryl methyl sites for hydroxylation is 1. The van der Waals surface area contributed by atoms with Gasteiger partial charge in [0.2, 0.25) is 10.0 Å². The molecule has 1 heterocycles. The first-order chi connectivity index (χ1) is 10.0. The summed E-state index contributed by atoms with van der Waals surface area (Å²) in [5.74, 6) is 0. The second kappa shape index (κ2) is 5.59. The highest BCUT2D eigenvalue weighted by Crippen LogP contribution is 2.29. The van der Waals surface area contributed by atoms with Crippen LogP contribution in [0.15, 0.2) is 23.1 Å². The number of nitrogens with two attached hydrogens (primary N) is 1. The van der Waals surface area contributed by atoms with Gasteiger partial charge in [-0.2, -0.15) is 4.31 Å². The molecule has 2 aliphatic rings. The summed E-state index contributed by atoms with van der Waals surface area (Å²) >= 11 is 0. The van der Waals surface area contributed by atoms with Gasteiger partial charge in [0.15, 0.2) is 0 Å². The van der Waals surface area contributed by atoms with Crippen LogP contribution in [-0.2, 0) is 16.4 Å². The zero-order valence-corrected chi connectivity index (χ0v) is 13.3. The molecule has 0 atom stereocenters. The second-order valence-electron chi connectivity index (χ2n) is 5.89. The summed E-state index contributed by atoms with van der Waals surface area (Å²) in [5.41, 5.74) is 7.50. The molecule has 6 heteroatoms. The molecule has 1 aliphatic heterocycles. The van der Waals surface area contributed by atoms with Gasteiger partial charge in [-0.05, 0) is 37.0 Å². The van der Waals surface area contributed by atoms with E-state index in [1.807, 2.05) is 13.0 Å². The first kappa shape index (κ1) is 14.8. The zero-order chi connectivity index (χ0) is 15.0. The van der Waals surface area contributed by atoms with Crippen LogP contribution in [0.4, 0.5) is 5.69 Å². The summed E-state index contributed by atoms with van der Waals surface area (Å²) in [7, 11) is -3.41. The van der Waals surface area contributed by atoms with Crippen molar-refractivity contribution in [2.45, 2.75) is 37.1 Å². The molecule has 0 amide bonds. The van der Waals surface area contributed by atoms with Crippen molar-refractivity contribution in [3.05, 3.63) is 23.8 Å². The molecular weight excluding hydrogens is 286 g/mol. The number of rotatable bonds is 4. The topological polar surface area (TPSA) is 66.6 Å². The molecule has 1 aromatic carbocycles. The van der Waals surface area contributed by atoms with Crippen LogP contribution in [0.25, 0.3) is 0 Å². The molecule has 5 nitrogen and oxygen atoms in total. The predicted octanol–water partition coefficient (Wildman–Crippen LogP) is 1.30. The van der Waals surface area contributed by atoms with E-state index in [0.717, 1.165) is 25.1 Å².